The van der Waals surface area contributed by atoms with Gasteiger partial charge in [0.1, 0.15) is 6.07 Å². The summed E-state index contributed by atoms with van der Waals surface area (Å²) in [6, 6.07) is 6.58. The van der Waals surface area contributed by atoms with E-state index in [4.69, 9.17) is 10.00 Å². The van der Waals surface area contributed by atoms with Gasteiger partial charge in [-0.25, -0.2) is 4.39 Å². The van der Waals surface area contributed by atoms with Crippen LogP contribution in [0.5, 0.6) is 5.75 Å². The minimum atomic E-state index is -0.427. The summed E-state index contributed by atoms with van der Waals surface area (Å²) in [5.41, 5.74) is 0.868. The molecule has 0 amide bonds. The molecule has 0 heterocycles. The Balaban J connectivity index is 2.53. The fourth-order valence-corrected chi connectivity index (χ4v) is 1.39. The van der Waals surface area contributed by atoms with Crippen molar-refractivity contribution in [2.45, 2.75) is 20.4 Å². The third kappa shape index (κ3) is 4.83. The van der Waals surface area contributed by atoms with Crippen LogP contribution in [0.15, 0.2) is 18.2 Å². The van der Waals surface area contributed by atoms with Gasteiger partial charge in [-0.1, -0.05) is 19.9 Å². The van der Waals surface area contributed by atoms with E-state index in [1.807, 2.05) is 0 Å². The molecule has 1 aromatic carbocycles. The Kier molecular flexibility index (Phi) is 5.44. The second kappa shape index (κ2) is 6.87. The molecule has 17 heavy (non-hydrogen) atoms. The maximum absolute atomic E-state index is 13.5. The molecule has 0 atom stereocenters. The Labute approximate surface area is 101 Å². The number of hydrogen-bond acceptors (Lipinski definition) is 3. The molecule has 92 valence electrons. The van der Waals surface area contributed by atoms with E-state index in [0.29, 0.717) is 12.5 Å². The summed E-state index contributed by atoms with van der Waals surface area (Å²) in [5.74, 6) is 0.265. The van der Waals surface area contributed by atoms with Crippen LogP contribution < -0.4 is 10.1 Å². The molecular weight excluding hydrogens is 219 g/mol. The van der Waals surface area contributed by atoms with Crippen molar-refractivity contribution in [1.29, 1.82) is 5.26 Å². The van der Waals surface area contributed by atoms with E-state index >= 15 is 0 Å². The first-order valence-corrected chi connectivity index (χ1v) is 5.62. The SMILES string of the molecule is CC(C)CNCc1ccc(OCC#N)c(F)c1. The van der Waals surface area contributed by atoms with Crippen LogP contribution in [0.2, 0.25) is 0 Å². The first-order valence-electron chi connectivity index (χ1n) is 5.62. The standard InChI is InChI=1S/C13H17FN2O/c1-10(2)8-16-9-11-3-4-13(12(14)7-11)17-6-5-15/h3-4,7,10,16H,6,8-9H2,1-2H3. The van der Waals surface area contributed by atoms with Gasteiger partial charge < -0.3 is 10.1 Å². The number of nitriles is 1. The van der Waals surface area contributed by atoms with Crippen molar-refractivity contribution in [1.82, 2.24) is 5.32 Å². The van der Waals surface area contributed by atoms with E-state index < -0.39 is 5.82 Å². The zero-order valence-electron chi connectivity index (χ0n) is 10.2. The smallest absolute Gasteiger partial charge is 0.174 e. The minimum Gasteiger partial charge on any atom is -0.476 e. The van der Waals surface area contributed by atoms with Crippen LogP contribution in [-0.4, -0.2) is 13.2 Å². The highest BCUT2D eigenvalue weighted by Crippen LogP contribution is 2.18. The van der Waals surface area contributed by atoms with Crippen LogP contribution in [0.3, 0.4) is 0 Å². The van der Waals surface area contributed by atoms with Gasteiger partial charge in [0, 0.05) is 6.54 Å². The third-order valence-corrected chi connectivity index (χ3v) is 2.17. The molecule has 1 rings (SSSR count). The van der Waals surface area contributed by atoms with Gasteiger partial charge >= 0.3 is 0 Å². The highest BCUT2D eigenvalue weighted by atomic mass is 19.1. The monoisotopic (exact) mass is 236 g/mol. The molecule has 1 aromatic rings. The summed E-state index contributed by atoms with van der Waals surface area (Å²) in [4.78, 5) is 0. The van der Waals surface area contributed by atoms with Gasteiger partial charge in [0.05, 0.1) is 0 Å². The zero-order valence-corrected chi connectivity index (χ0v) is 10.2. The summed E-state index contributed by atoms with van der Waals surface area (Å²) in [5, 5.41) is 11.6. The van der Waals surface area contributed by atoms with Crippen LogP contribution in [0.25, 0.3) is 0 Å². The molecule has 0 saturated carbocycles. The number of nitrogens with one attached hydrogen (secondary N) is 1. The Bertz CT molecular complexity index is 399. The largest absolute Gasteiger partial charge is 0.476 e. The van der Waals surface area contributed by atoms with Crippen LogP contribution in [0, 0.1) is 23.1 Å². The molecule has 0 bridgehead atoms. The molecule has 0 aliphatic rings. The Hall–Kier alpha value is -1.60. The van der Waals surface area contributed by atoms with Gasteiger partial charge in [0.15, 0.2) is 18.2 Å². The van der Waals surface area contributed by atoms with Crippen molar-refractivity contribution in [3.63, 3.8) is 0 Å². The fourth-order valence-electron chi connectivity index (χ4n) is 1.39. The Morgan fingerprint density at radius 3 is 2.82 bits per heavy atom. The van der Waals surface area contributed by atoms with Gasteiger partial charge in [0.2, 0.25) is 0 Å². The summed E-state index contributed by atoms with van der Waals surface area (Å²) >= 11 is 0. The molecular formula is C13H17FN2O. The molecule has 3 nitrogen and oxygen atoms in total. The molecule has 0 aliphatic heterocycles. The van der Waals surface area contributed by atoms with Gasteiger partial charge in [-0.15, -0.1) is 0 Å². The molecule has 0 fully saturated rings. The van der Waals surface area contributed by atoms with Crippen molar-refractivity contribution in [3.05, 3.63) is 29.6 Å². The lowest BCUT2D eigenvalue weighted by atomic mass is 10.2. The predicted molar refractivity (Wildman–Crippen MR) is 64.1 cm³/mol. The van der Waals surface area contributed by atoms with E-state index in [0.717, 1.165) is 12.1 Å². The number of ether oxygens (including phenoxy) is 1. The Morgan fingerprint density at radius 2 is 2.24 bits per heavy atom. The number of nitrogens with zero attached hydrogens (tertiary/aromatic N) is 1. The molecule has 0 unspecified atom stereocenters. The van der Waals surface area contributed by atoms with Gasteiger partial charge in [0.25, 0.3) is 0 Å². The molecule has 1 N–H and O–H groups in total. The van der Waals surface area contributed by atoms with Crippen molar-refractivity contribution in [2.75, 3.05) is 13.2 Å². The average Bonchev–Trinajstić information content (AvgIpc) is 2.27. The normalized spacial score (nSPS) is 10.3. The molecule has 0 aliphatic carbocycles. The van der Waals surface area contributed by atoms with Gasteiger partial charge in [-0.3, -0.25) is 0 Å². The predicted octanol–water partition coefficient (Wildman–Crippen LogP) is 2.47. The highest BCUT2D eigenvalue weighted by Gasteiger charge is 2.04. The van der Waals surface area contributed by atoms with Gasteiger partial charge in [-0.2, -0.15) is 5.26 Å². The average molecular weight is 236 g/mol. The van der Waals surface area contributed by atoms with Crippen molar-refractivity contribution in [3.8, 4) is 11.8 Å². The summed E-state index contributed by atoms with van der Waals surface area (Å²) in [6.07, 6.45) is 0. The van der Waals surface area contributed by atoms with Crippen molar-refractivity contribution >= 4 is 0 Å². The number of hydrogen-bond donors (Lipinski definition) is 1. The van der Waals surface area contributed by atoms with Gasteiger partial charge in [-0.05, 0) is 30.2 Å². The number of benzene rings is 1. The van der Waals surface area contributed by atoms with E-state index in [2.05, 4.69) is 19.2 Å². The second-order valence-electron chi connectivity index (χ2n) is 4.24. The number of halogens is 1. The van der Waals surface area contributed by atoms with E-state index in [1.54, 1.807) is 18.2 Å². The lowest BCUT2D eigenvalue weighted by Crippen LogP contribution is -2.19. The summed E-state index contributed by atoms with van der Waals surface area (Å²) in [6.45, 7) is 5.63. The van der Waals surface area contributed by atoms with E-state index in [9.17, 15) is 4.39 Å². The molecule has 0 saturated heterocycles. The Morgan fingerprint density at radius 1 is 1.47 bits per heavy atom. The quantitative estimate of drug-likeness (QED) is 0.825. The van der Waals surface area contributed by atoms with Crippen molar-refractivity contribution in [2.24, 2.45) is 5.92 Å². The maximum Gasteiger partial charge on any atom is 0.174 e. The topological polar surface area (TPSA) is 45.0 Å². The maximum atomic E-state index is 13.5. The van der Waals surface area contributed by atoms with Crippen LogP contribution in [0.1, 0.15) is 19.4 Å². The van der Waals surface area contributed by atoms with Crippen molar-refractivity contribution < 1.29 is 9.13 Å². The first kappa shape index (κ1) is 13.5. The second-order valence-corrected chi connectivity index (χ2v) is 4.24. The summed E-state index contributed by atoms with van der Waals surface area (Å²) in [7, 11) is 0. The third-order valence-electron chi connectivity index (χ3n) is 2.17. The highest BCUT2D eigenvalue weighted by molar-refractivity contribution is 5.29. The van der Waals surface area contributed by atoms with Crippen LogP contribution in [-0.2, 0) is 6.54 Å². The molecule has 4 heteroatoms. The first-order chi connectivity index (χ1) is 8.13. The zero-order chi connectivity index (χ0) is 12.7. The molecule has 0 radical (unpaired) electrons. The lowest BCUT2D eigenvalue weighted by molar-refractivity contribution is 0.346. The summed E-state index contributed by atoms with van der Waals surface area (Å²) < 4.78 is 18.4. The van der Waals surface area contributed by atoms with E-state index in [-0.39, 0.29) is 12.4 Å². The number of rotatable bonds is 6. The minimum absolute atomic E-state index is 0.124. The fraction of sp³-hybridized carbons (Fsp3) is 0.462. The van der Waals surface area contributed by atoms with Crippen LogP contribution in [0.4, 0.5) is 4.39 Å². The molecule has 0 aromatic heterocycles. The van der Waals surface area contributed by atoms with Crippen LogP contribution >= 0.6 is 0 Å². The van der Waals surface area contributed by atoms with E-state index in [1.165, 1.54) is 6.07 Å². The molecule has 0 spiro atoms. The lowest BCUT2D eigenvalue weighted by Gasteiger charge is -2.09.